The molecule has 0 fully saturated rings. The highest BCUT2D eigenvalue weighted by molar-refractivity contribution is 7.11. The molecule has 0 unspecified atom stereocenters. The van der Waals surface area contributed by atoms with Crippen molar-refractivity contribution in [2.24, 2.45) is 0 Å². The first-order valence-electron chi connectivity index (χ1n) is 7.20. The van der Waals surface area contributed by atoms with Gasteiger partial charge < -0.3 is 5.32 Å². The lowest BCUT2D eigenvalue weighted by Gasteiger charge is -2.11. The summed E-state index contributed by atoms with van der Waals surface area (Å²) in [5.74, 6) is -0.453. The molecule has 2 nitrogen and oxygen atoms in total. The van der Waals surface area contributed by atoms with E-state index in [1.54, 1.807) is 12.1 Å². The minimum Gasteiger partial charge on any atom is -0.322 e. The van der Waals surface area contributed by atoms with Gasteiger partial charge in [-0.25, -0.2) is 0 Å². The van der Waals surface area contributed by atoms with Gasteiger partial charge >= 0.3 is 6.18 Å². The molecule has 3 rings (SSSR count). The monoisotopic (exact) mass is 379 g/mol. The number of halogens is 3. The number of carbonyl (C=O) groups excluding carboxylic acids is 1. The van der Waals surface area contributed by atoms with Crippen molar-refractivity contribution in [1.82, 2.24) is 0 Å². The maximum atomic E-state index is 12.8. The number of thiophene rings is 2. The van der Waals surface area contributed by atoms with Gasteiger partial charge in [0, 0.05) is 16.1 Å². The molecule has 0 saturated heterocycles. The zero-order valence-electron chi connectivity index (χ0n) is 12.7. The number of nitrogens with one attached hydrogen (secondary N) is 1. The normalized spacial score (nSPS) is 12.2. The fraction of sp³-hybridized carbons (Fsp3) is 0.0556. The first-order chi connectivity index (χ1) is 11.9. The van der Waals surface area contributed by atoms with Crippen LogP contribution in [0.15, 0.2) is 58.6 Å². The van der Waals surface area contributed by atoms with Crippen LogP contribution in [-0.4, -0.2) is 5.91 Å². The van der Waals surface area contributed by atoms with Crippen molar-refractivity contribution in [3.05, 3.63) is 74.6 Å². The van der Waals surface area contributed by atoms with E-state index in [9.17, 15) is 18.0 Å². The van der Waals surface area contributed by atoms with E-state index in [-0.39, 0.29) is 5.69 Å². The maximum absolute atomic E-state index is 12.8. The third-order valence-electron chi connectivity index (χ3n) is 3.35. The van der Waals surface area contributed by atoms with Gasteiger partial charge in [-0.3, -0.25) is 4.79 Å². The Morgan fingerprint density at radius 3 is 2.56 bits per heavy atom. The Labute approximate surface area is 150 Å². The van der Waals surface area contributed by atoms with Crippen LogP contribution in [0.3, 0.4) is 0 Å². The first-order valence-corrected chi connectivity index (χ1v) is 9.02. The second-order valence-electron chi connectivity index (χ2n) is 5.12. The summed E-state index contributed by atoms with van der Waals surface area (Å²) in [4.78, 5) is 13.5. The van der Waals surface area contributed by atoms with Crippen LogP contribution in [0.25, 0.3) is 11.6 Å². The van der Waals surface area contributed by atoms with E-state index >= 15 is 0 Å². The second kappa shape index (κ2) is 7.25. The summed E-state index contributed by atoms with van der Waals surface area (Å²) >= 11 is 2.92. The van der Waals surface area contributed by atoms with E-state index < -0.39 is 17.6 Å². The zero-order valence-corrected chi connectivity index (χ0v) is 14.3. The summed E-state index contributed by atoms with van der Waals surface area (Å²) in [5, 5.41) is 8.11. The van der Waals surface area contributed by atoms with Gasteiger partial charge in [-0.2, -0.15) is 24.5 Å². The molecule has 0 aliphatic carbocycles. The van der Waals surface area contributed by atoms with Crippen molar-refractivity contribution < 1.29 is 18.0 Å². The predicted molar refractivity (Wildman–Crippen MR) is 96.6 cm³/mol. The molecule has 2 heterocycles. The van der Waals surface area contributed by atoms with E-state index in [1.165, 1.54) is 34.8 Å². The largest absolute Gasteiger partial charge is 0.416 e. The van der Waals surface area contributed by atoms with Gasteiger partial charge in [0.2, 0.25) is 0 Å². The quantitative estimate of drug-likeness (QED) is 0.553. The molecule has 7 heteroatoms. The molecule has 2 aromatic heterocycles. The number of hydrogen-bond acceptors (Lipinski definition) is 3. The van der Waals surface area contributed by atoms with E-state index in [0.29, 0.717) is 5.57 Å². The molecule has 3 aromatic rings. The average molecular weight is 379 g/mol. The fourth-order valence-electron chi connectivity index (χ4n) is 2.19. The molecule has 1 N–H and O–H groups in total. The Morgan fingerprint density at radius 1 is 1.08 bits per heavy atom. The molecule has 0 bridgehead atoms. The molecule has 0 aliphatic rings. The van der Waals surface area contributed by atoms with Crippen LogP contribution in [0.1, 0.15) is 16.0 Å². The molecule has 0 saturated carbocycles. The molecular weight excluding hydrogens is 367 g/mol. The molecule has 128 valence electrons. The number of amides is 1. The van der Waals surface area contributed by atoms with E-state index in [2.05, 4.69) is 5.32 Å². The number of rotatable bonds is 4. The minimum atomic E-state index is -4.45. The van der Waals surface area contributed by atoms with Crippen LogP contribution < -0.4 is 5.32 Å². The molecule has 0 atom stereocenters. The Hall–Kier alpha value is -2.38. The summed E-state index contributed by atoms with van der Waals surface area (Å²) in [6.07, 6.45) is -2.72. The van der Waals surface area contributed by atoms with Crippen molar-refractivity contribution >= 4 is 45.9 Å². The third kappa shape index (κ3) is 4.37. The van der Waals surface area contributed by atoms with Gasteiger partial charge in [0.25, 0.3) is 5.91 Å². The van der Waals surface area contributed by atoms with Crippen LogP contribution >= 0.6 is 22.7 Å². The van der Waals surface area contributed by atoms with Crippen LogP contribution in [0.5, 0.6) is 0 Å². The minimum absolute atomic E-state index is 0.104. The van der Waals surface area contributed by atoms with Crippen LogP contribution in [0, 0.1) is 0 Å². The van der Waals surface area contributed by atoms with Crippen molar-refractivity contribution in [2.75, 3.05) is 5.32 Å². The molecule has 25 heavy (non-hydrogen) atoms. The van der Waals surface area contributed by atoms with Crippen molar-refractivity contribution in [3.63, 3.8) is 0 Å². The number of carbonyl (C=O) groups is 1. The second-order valence-corrected chi connectivity index (χ2v) is 6.88. The summed E-state index contributed by atoms with van der Waals surface area (Å²) in [6.45, 7) is 0. The highest BCUT2D eigenvalue weighted by Gasteiger charge is 2.30. The topological polar surface area (TPSA) is 29.1 Å². The SMILES string of the molecule is O=C(Nc1cccc(C(F)(F)F)c1)/C(=C\c1cccs1)c1ccsc1. The van der Waals surface area contributed by atoms with Crippen LogP contribution in [-0.2, 0) is 11.0 Å². The Bertz CT molecular complexity index is 881. The van der Waals surface area contributed by atoms with Gasteiger partial charge in [-0.1, -0.05) is 12.1 Å². The third-order valence-corrected chi connectivity index (χ3v) is 4.86. The number of hydrogen-bond donors (Lipinski definition) is 1. The van der Waals surface area contributed by atoms with Gasteiger partial charge in [0.1, 0.15) is 0 Å². The molecule has 0 aliphatic heterocycles. The fourth-order valence-corrected chi connectivity index (χ4v) is 3.50. The number of anilines is 1. The molecule has 1 amide bonds. The van der Waals surface area contributed by atoms with Crippen molar-refractivity contribution in [3.8, 4) is 0 Å². The lowest BCUT2D eigenvalue weighted by Crippen LogP contribution is -2.14. The molecule has 0 radical (unpaired) electrons. The number of benzene rings is 1. The van der Waals surface area contributed by atoms with Gasteiger partial charge in [0.05, 0.1) is 5.56 Å². The van der Waals surface area contributed by atoms with E-state index in [1.807, 2.05) is 28.3 Å². The standard InChI is InChI=1S/C18H12F3NOS2/c19-18(20,21)13-3-1-4-14(9-13)22-17(23)16(12-6-8-24-11-12)10-15-5-2-7-25-15/h1-11H,(H,22,23)/b16-10-. The van der Waals surface area contributed by atoms with E-state index in [4.69, 9.17) is 0 Å². The average Bonchev–Trinajstić information content (AvgIpc) is 3.25. The summed E-state index contributed by atoms with van der Waals surface area (Å²) in [6, 6.07) is 10.1. The first kappa shape index (κ1) is 17.4. The highest BCUT2D eigenvalue weighted by atomic mass is 32.1. The van der Waals surface area contributed by atoms with Crippen molar-refractivity contribution in [1.29, 1.82) is 0 Å². The molecule has 0 spiro atoms. The van der Waals surface area contributed by atoms with Crippen LogP contribution in [0.4, 0.5) is 18.9 Å². The van der Waals surface area contributed by atoms with Gasteiger partial charge in [0.15, 0.2) is 0 Å². The summed E-state index contributed by atoms with van der Waals surface area (Å²) < 4.78 is 38.5. The van der Waals surface area contributed by atoms with Crippen LogP contribution in [0.2, 0.25) is 0 Å². The van der Waals surface area contributed by atoms with Gasteiger partial charge in [-0.05, 0) is 58.1 Å². The Morgan fingerprint density at radius 2 is 1.92 bits per heavy atom. The maximum Gasteiger partial charge on any atom is 0.416 e. The zero-order chi connectivity index (χ0) is 17.9. The highest BCUT2D eigenvalue weighted by Crippen LogP contribution is 2.31. The lowest BCUT2D eigenvalue weighted by atomic mass is 10.1. The summed E-state index contributed by atoms with van der Waals surface area (Å²) in [5.41, 5.74) is 0.431. The predicted octanol–water partition coefficient (Wildman–Crippen LogP) is 6.01. The number of alkyl halides is 3. The smallest absolute Gasteiger partial charge is 0.322 e. The van der Waals surface area contributed by atoms with Gasteiger partial charge in [-0.15, -0.1) is 11.3 Å². The van der Waals surface area contributed by atoms with Crippen molar-refractivity contribution in [2.45, 2.75) is 6.18 Å². The molecule has 1 aromatic carbocycles. The Kier molecular flexibility index (Phi) is 5.06. The molecular formula is C18H12F3NOS2. The summed E-state index contributed by atoms with van der Waals surface area (Å²) in [7, 11) is 0. The lowest BCUT2D eigenvalue weighted by molar-refractivity contribution is -0.137. The van der Waals surface area contributed by atoms with E-state index in [0.717, 1.165) is 22.6 Å². The Balaban J connectivity index is 1.89.